The molecule has 0 rings (SSSR count). The molecule has 0 fully saturated rings. The van der Waals surface area contributed by atoms with Crippen LogP contribution < -0.4 is 0 Å². The topological polar surface area (TPSA) is 237 Å². The third-order valence-corrected chi connectivity index (χ3v) is 19.5. The maximum absolute atomic E-state index is 13.1. The molecule has 0 radical (unpaired) electrons. The molecule has 5 unspecified atom stereocenters. The maximum Gasteiger partial charge on any atom is 0.472 e. The molecule has 0 saturated heterocycles. The van der Waals surface area contributed by atoms with Gasteiger partial charge in [0.2, 0.25) is 0 Å². The van der Waals surface area contributed by atoms with Crippen LogP contribution in [-0.2, 0) is 65.4 Å². The Kier molecular flexibility index (Phi) is 73.1. The van der Waals surface area contributed by atoms with Gasteiger partial charge in [0, 0.05) is 25.7 Å². The van der Waals surface area contributed by atoms with Crippen LogP contribution in [0.25, 0.3) is 0 Å². The Labute approximate surface area is 622 Å². The number of carbonyl (C=O) groups excluding carboxylic acids is 4. The second kappa shape index (κ2) is 75.7. The summed E-state index contributed by atoms with van der Waals surface area (Å²) < 4.78 is 68.6. The van der Waals surface area contributed by atoms with Gasteiger partial charge in [0.1, 0.15) is 19.3 Å². The minimum Gasteiger partial charge on any atom is -0.462 e. The number of rotatable bonds is 78. The van der Waals surface area contributed by atoms with Crippen molar-refractivity contribution in [3.05, 3.63) is 72.9 Å². The second-order valence-electron chi connectivity index (χ2n) is 27.7. The first-order valence-electron chi connectivity index (χ1n) is 41.2. The number of phosphoric ester groups is 2. The number of ether oxygens (including phenoxy) is 4. The van der Waals surface area contributed by atoms with E-state index in [-0.39, 0.29) is 25.7 Å². The molecule has 17 nitrogen and oxygen atoms in total. The molecule has 0 aromatic heterocycles. The highest BCUT2D eigenvalue weighted by molar-refractivity contribution is 7.47. The molecular formula is C83H150O17P2. The van der Waals surface area contributed by atoms with E-state index in [1.807, 2.05) is 0 Å². The van der Waals surface area contributed by atoms with Crippen molar-refractivity contribution in [2.24, 2.45) is 0 Å². The van der Waals surface area contributed by atoms with Gasteiger partial charge in [-0.05, 0) is 141 Å². The summed E-state index contributed by atoms with van der Waals surface area (Å²) in [6.07, 6.45) is 77.2. The monoisotopic (exact) mass is 1480 g/mol. The molecular weight excluding hydrogens is 1330 g/mol. The van der Waals surface area contributed by atoms with Gasteiger partial charge < -0.3 is 33.8 Å². The minimum atomic E-state index is -4.98. The zero-order valence-corrected chi connectivity index (χ0v) is 66.8. The van der Waals surface area contributed by atoms with Crippen molar-refractivity contribution in [2.45, 2.75) is 393 Å². The van der Waals surface area contributed by atoms with E-state index in [9.17, 15) is 43.2 Å². The van der Waals surface area contributed by atoms with E-state index in [0.29, 0.717) is 25.7 Å². The molecule has 0 aromatic carbocycles. The highest BCUT2D eigenvalue weighted by Crippen LogP contribution is 2.45. The van der Waals surface area contributed by atoms with Gasteiger partial charge in [-0.2, -0.15) is 0 Å². The number of hydrogen-bond acceptors (Lipinski definition) is 15. The molecule has 0 bridgehead atoms. The van der Waals surface area contributed by atoms with Gasteiger partial charge in [-0.1, -0.05) is 280 Å². The van der Waals surface area contributed by atoms with E-state index in [4.69, 9.17) is 37.0 Å². The van der Waals surface area contributed by atoms with Crippen LogP contribution in [0.5, 0.6) is 0 Å². The van der Waals surface area contributed by atoms with E-state index in [1.54, 1.807) is 0 Å². The lowest BCUT2D eigenvalue weighted by Crippen LogP contribution is -2.30. The van der Waals surface area contributed by atoms with E-state index in [0.717, 1.165) is 173 Å². The standard InChI is InChI=1S/C83H150O17P2/c1-5-9-13-17-21-25-29-33-36-37-38-39-42-45-48-52-56-60-64-68-81(86)94-73-78(99-82(87)69-65-61-57-53-49-43-32-28-24-20-16-12-8-4)75-97-101(89,90)95-71-77(84)72-96-102(91,92)98-76-79(100-83(88)70-66-62-58-54-50-46-41-35-31-27-23-19-15-11-7-3)74-93-80(85)67-63-59-55-51-47-44-40-34-30-26-22-18-14-10-6-2/h21,25,28,32-36,38-41,77-79,84H,5-20,22-24,26-27,29-31,37,42-76H2,1-4H3,(H,89,90)(H,91,92)/b25-21-,32-28-,36-33-,39-38-,40-34-,41-35-. The smallest absolute Gasteiger partial charge is 0.462 e. The Morgan fingerprint density at radius 1 is 0.275 bits per heavy atom. The van der Waals surface area contributed by atoms with Crippen molar-refractivity contribution >= 4 is 39.5 Å². The molecule has 594 valence electrons. The number of esters is 4. The van der Waals surface area contributed by atoms with Crippen molar-refractivity contribution < 1.29 is 80.2 Å². The van der Waals surface area contributed by atoms with Gasteiger partial charge >= 0.3 is 39.5 Å². The first kappa shape index (κ1) is 98.5. The summed E-state index contributed by atoms with van der Waals surface area (Å²) in [6.45, 7) is 4.85. The molecule has 0 aliphatic rings. The summed E-state index contributed by atoms with van der Waals surface area (Å²) in [6, 6.07) is 0. The fraction of sp³-hybridized carbons (Fsp3) is 0.807. The van der Waals surface area contributed by atoms with E-state index in [1.165, 1.54) is 122 Å². The molecule has 3 N–H and O–H groups in total. The lowest BCUT2D eigenvalue weighted by molar-refractivity contribution is -0.161. The van der Waals surface area contributed by atoms with Crippen LogP contribution in [0.4, 0.5) is 0 Å². The van der Waals surface area contributed by atoms with Crippen LogP contribution in [0.15, 0.2) is 72.9 Å². The molecule has 0 aliphatic carbocycles. The summed E-state index contributed by atoms with van der Waals surface area (Å²) in [5, 5.41) is 10.6. The van der Waals surface area contributed by atoms with Crippen molar-refractivity contribution in [1.82, 2.24) is 0 Å². The summed E-state index contributed by atoms with van der Waals surface area (Å²) in [7, 11) is -9.95. The van der Waals surface area contributed by atoms with Gasteiger partial charge in [0.25, 0.3) is 0 Å². The predicted molar refractivity (Wildman–Crippen MR) is 418 cm³/mol. The SMILES string of the molecule is CCCCC/C=C\C/C=C\C/C=C\CCCCCCCCC(=O)OCC(COP(=O)(O)OCC(O)COP(=O)(O)OCC(COC(=O)CCCCCCC/C=C\CCCCCCCC)OC(=O)CCCCCCC/C=C\CCCCCCCC)OC(=O)CCCCCCC/C=C\CCCCCC. The summed E-state index contributed by atoms with van der Waals surface area (Å²) in [5.74, 6) is -2.19. The van der Waals surface area contributed by atoms with Crippen LogP contribution >= 0.6 is 15.6 Å². The molecule has 0 amide bonds. The van der Waals surface area contributed by atoms with Crippen LogP contribution in [-0.4, -0.2) is 96.7 Å². The Balaban J connectivity index is 5.34. The number of hydrogen-bond donors (Lipinski definition) is 3. The Bertz CT molecular complexity index is 2210. The highest BCUT2D eigenvalue weighted by Gasteiger charge is 2.30. The Morgan fingerprint density at radius 2 is 0.480 bits per heavy atom. The third kappa shape index (κ3) is 74.8. The highest BCUT2D eigenvalue weighted by atomic mass is 31.2. The Hall–Kier alpha value is -3.50. The average Bonchev–Trinajstić information content (AvgIpc) is 0.908. The van der Waals surface area contributed by atoms with Gasteiger partial charge in [0.15, 0.2) is 12.2 Å². The Morgan fingerprint density at radius 3 is 0.775 bits per heavy atom. The predicted octanol–water partition coefficient (Wildman–Crippen LogP) is 24.0. The largest absolute Gasteiger partial charge is 0.472 e. The van der Waals surface area contributed by atoms with E-state index >= 15 is 0 Å². The first-order chi connectivity index (χ1) is 49.7. The fourth-order valence-electron chi connectivity index (χ4n) is 11.3. The van der Waals surface area contributed by atoms with Gasteiger partial charge in [-0.25, -0.2) is 9.13 Å². The summed E-state index contributed by atoms with van der Waals surface area (Å²) in [5.41, 5.74) is 0. The number of aliphatic hydroxyl groups is 1. The average molecular weight is 1480 g/mol. The lowest BCUT2D eigenvalue weighted by atomic mass is 10.1. The number of unbranched alkanes of at least 4 members (excludes halogenated alkanes) is 40. The van der Waals surface area contributed by atoms with E-state index in [2.05, 4.69) is 101 Å². The molecule has 5 atom stereocenters. The van der Waals surface area contributed by atoms with Crippen LogP contribution in [0.3, 0.4) is 0 Å². The first-order valence-corrected chi connectivity index (χ1v) is 44.2. The van der Waals surface area contributed by atoms with Gasteiger partial charge in [-0.15, -0.1) is 0 Å². The quantitative estimate of drug-likeness (QED) is 0.0169. The van der Waals surface area contributed by atoms with Crippen molar-refractivity contribution in [2.75, 3.05) is 39.6 Å². The molecule has 0 heterocycles. The molecule has 0 aliphatic heterocycles. The van der Waals surface area contributed by atoms with Crippen molar-refractivity contribution in [3.8, 4) is 0 Å². The molecule has 0 saturated carbocycles. The zero-order valence-electron chi connectivity index (χ0n) is 65.0. The normalized spacial score (nSPS) is 14.2. The van der Waals surface area contributed by atoms with Crippen LogP contribution in [0.1, 0.15) is 374 Å². The van der Waals surface area contributed by atoms with Crippen molar-refractivity contribution in [3.63, 3.8) is 0 Å². The number of carbonyl (C=O) groups is 4. The lowest BCUT2D eigenvalue weighted by Gasteiger charge is -2.21. The summed E-state index contributed by atoms with van der Waals surface area (Å²) in [4.78, 5) is 73.0. The zero-order chi connectivity index (χ0) is 74.6. The van der Waals surface area contributed by atoms with Gasteiger partial charge in [0.05, 0.1) is 26.4 Å². The maximum atomic E-state index is 13.1. The van der Waals surface area contributed by atoms with E-state index < -0.39 is 97.5 Å². The molecule has 0 spiro atoms. The fourth-order valence-corrected chi connectivity index (χ4v) is 12.9. The molecule has 102 heavy (non-hydrogen) atoms. The summed E-state index contributed by atoms with van der Waals surface area (Å²) >= 11 is 0. The van der Waals surface area contributed by atoms with Crippen LogP contribution in [0, 0.1) is 0 Å². The number of phosphoric acid groups is 2. The minimum absolute atomic E-state index is 0.0840. The second-order valence-corrected chi connectivity index (χ2v) is 30.6. The third-order valence-electron chi connectivity index (χ3n) is 17.6. The van der Waals surface area contributed by atoms with Crippen molar-refractivity contribution in [1.29, 1.82) is 0 Å². The number of aliphatic hydroxyl groups excluding tert-OH is 1. The number of allylic oxidation sites excluding steroid dienone is 12. The molecule has 0 aromatic rings. The van der Waals surface area contributed by atoms with Gasteiger partial charge in [-0.3, -0.25) is 37.3 Å². The van der Waals surface area contributed by atoms with Crippen LogP contribution in [0.2, 0.25) is 0 Å². The molecule has 19 heteroatoms.